The molecule has 0 aromatic heterocycles. The van der Waals surface area contributed by atoms with Crippen molar-refractivity contribution in [3.8, 4) is 5.75 Å². The van der Waals surface area contributed by atoms with Crippen molar-refractivity contribution in [2.75, 3.05) is 31.4 Å². The smallest absolute Gasteiger partial charge is 0.189 e. The van der Waals surface area contributed by atoms with Gasteiger partial charge in [0.2, 0.25) is 0 Å². The fourth-order valence-corrected chi connectivity index (χ4v) is 2.74. The van der Waals surface area contributed by atoms with Gasteiger partial charge in [0, 0.05) is 19.1 Å². The highest BCUT2D eigenvalue weighted by atomic mass is 16.7. The minimum absolute atomic E-state index is 0.345. The van der Waals surface area contributed by atoms with Crippen LogP contribution in [-0.2, 0) is 4.74 Å². The van der Waals surface area contributed by atoms with E-state index in [9.17, 15) is 0 Å². The lowest BCUT2D eigenvalue weighted by atomic mass is 10.0. The Morgan fingerprint density at radius 2 is 1.95 bits per heavy atom. The standard InChI is InChI=1S/C17H26N2O2/c1-13-2-5-17(21-12-20-11-14-3-4-14)16(10-13)19-8-6-15(18)7-9-19/h2,5,10,14-15H,3-4,6-9,11-12,18H2,1H3. The van der Waals surface area contributed by atoms with Crippen LogP contribution in [0.1, 0.15) is 31.2 Å². The van der Waals surface area contributed by atoms with Crippen molar-refractivity contribution in [2.45, 2.75) is 38.6 Å². The Morgan fingerprint density at radius 3 is 2.67 bits per heavy atom. The molecule has 1 saturated carbocycles. The van der Waals surface area contributed by atoms with Crippen molar-refractivity contribution in [1.82, 2.24) is 0 Å². The van der Waals surface area contributed by atoms with Gasteiger partial charge in [-0.2, -0.15) is 0 Å². The van der Waals surface area contributed by atoms with Gasteiger partial charge in [0.05, 0.1) is 12.3 Å². The van der Waals surface area contributed by atoms with Crippen LogP contribution in [0.4, 0.5) is 5.69 Å². The van der Waals surface area contributed by atoms with E-state index in [0.29, 0.717) is 12.8 Å². The van der Waals surface area contributed by atoms with E-state index >= 15 is 0 Å². The number of piperidine rings is 1. The van der Waals surface area contributed by atoms with Crippen molar-refractivity contribution >= 4 is 5.69 Å². The Labute approximate surface area is 127 Å². The van der Waals surface area contributed by atoms with E-state index in [1.165, 1.54) is 24.1 Å². The van der Waals surface area contributed by atoms with Crippen LogP contribution in [0, 0.1) is 12.8 Å². The summed E-state index contributed by atoms with van der Waals surface area (Å²) in [6.07, 6.45) is 4.71. The van der Waals surface area contributed by atoms with Gasteiger partial charge in [0.15, 0.2) is 6.79 Å². The minimum Gasteiger partial charge on any atom is -0.465 e. The third-order valence-electron chi connectivity index (χ3n) is 4.34. The molecule has 116 valence electrons. The van der Waals surface area contributed by atoms with Gasteiger partial charge in [-0.25, -0.2) is 0 Å². The van der Waals surface area contributed by atoms with Crippen molar-refractivity contribution in [3.63, 3.8) is 0 Å². The molecule has 1 aromatic rings. The molecule has 0 atom stereocenters. The summed E-state index contributed by atoms with van der Waals surface area (Å²) in [6, 6.07) is 6.69. The van der Waals surface area contributed by atoms with Gasteiger partial charge in [-0.15, -0.1) is 0 Å². The summed E-state index contributed by atoms with van der Waals surface area (Å²) in [7, 11) is 0. The predicted octanol–water partition coefficient (Wildman–Crippen LogP) is 2.69. The summed E-state index contributed by atoms with van der Waals surface area (Å²) in [5, 5.41) is 0. The zero-order chi connectivity index (χ0) is 14.7. The number of rotatable bonds is 6. The molecule has 2 aliphatic rings. The molecule has 1 aliphatic heterocycles. The molecule has 0 spiro atoms. The van der Waals surface area contributed by atoms with E-state index in [2.05, 4.69) is 30.0 Å². The van der Waals surface area contributed by atoms with Gasteiger partial charge < -0.3 is 20.1 Å². The topological polar surface area (TPSA) is 47.7 Å². The molecule has 4 heteroatoms. The lowest BCUT2D eigenvalue weighted by molar-refractivity contribution is 0.0102. The van der Waals surface area contributed by atoms with Crippen molar-refractivity contribution < 1.29 is 9.47 Å². The zero-order valence-corrected chi connectivity index (χ0v) is 12.9. The second kappa shape index (κ2) is 6.67. The Bertz CT molecular complexity index is 466. The highest BCUT2D eigenvalue weighted by Crippen LogP contribution is 2.32. The Kier molecular flexibility index (Phi) is 4.66. The minimum atomic E-state index is 0.345. The van der Waals surface area contributed by atoms with E-state index in [4.69, 9.17) is 15.2 Å². The van der Waals surface area contributed by atoms with Crippen LogP contribution >= 0.6 is 0 Å². The van der Waals surface area contributed by atoms with Crippen molar-refractivity contribution in [1.29, 1.82) is 0 Å². The SMILES string of the molecule is Cc1ccc(OCOCC2CC2)c(N2CCC(N)CC2)c1. The van der Waals surface area contributed by atoms with E-state index in [1.807, 2.05) is 0 Å². The van der Waals surface area contributed by atoms with E-state index in [1.54, 1.807) is 0 Å². The molecule has 21 heavy (non-hydrogen) atoms. The van der Waals surface area contributed by atoms with Crippen LogP contribution in [0.3, 0.4) is 0 Å². The van der Waals surface area contributed by atoms with Crippen LogP contribution in [0.2, 0.25) is 0 Å². The molecule has 0 radical (unpaired) electrons. The summed E-state index contributed by atoms with van der Waals surface area (Å²) in [4.78, 5) is 2.38. The number of hydrogen-bond donors (Lipinski definition) is 1. The fourth-order valence-electron chi connectivity index (χ4n) is 2.74. The van der Waals surface area contributed by atoms with Crippen molar-refractivity contribution in [3.05, 3.63) is 23.8 Å². The zero-order valence-electron chi connectivity index (χ0n) is 12.9. The third kappa shape index (κ3) is 4.11. The molecule has 0 unspecified atom stereocenters. The summed E-state index contributed by atoms with van der Waals surface area (Å²) in [5.41, 5.74) is 8.43. The molecule has 1 aliphatic carbocycles. The number of benzene rings is 1. The fraction of sp³-hybridized carbons (Fsp3) is 0.647. The Hall–Kier alpha value is -1.26. The summed E-state index contributed by atoms with van der Waals surface area (Å²) >= 11 is 0. The maximum atomic E-state index is 6.00. The van der Waals surface area contributed by atoms with E-state index in [0.717, 1.165) is 44.2 Å². The lowest BCUT2D eigenvalue weighted by Crippen LogP contribution is -2.39. The number of anilines is 1. The molecule has 2 N–H and O–H groups in total. The molecular formula is C17H26N2O2. The largest absolute Gasteiger partial charge is 0.465 e. The average molecular weight is 290 g/mol. The first-order valence-corrected chi connectivity index (χ1v) is 8.04. The van der Waals surface area contributed by atoms with Crippen LogP contribution < -0.4 is 15.4 Å². The lowest BCUT2D eigenvalue weighted by Gasteiger charge is -2.33. The van der Waals surface area contributed by atoms with Gasteiger partial charge in [-0.05, 0) is 56.2 Å². The molecule has 2 fully saturated rings. The predicted molar refractivity (Wildman–Crippen MR) is 84.8 cm³/mol. The summed E-state index contributed by atoms with van der Waals surface area (Å²) < 4.78 is 11.4. The molecule has 1 aromatic carbocycles. The molecule has 3 rings (SSSR count). The first-order valence-electron chi connectivity index (χ1n) is 8.04. The first-order chi connectivity index (χ1) is 10.2. The van der Waals surface area contributed by atoms with Gasteiger partial charge in [0.1, 0.15) is 5.75 Å². The average Bonchev–Trinajstić information content (AvgIpc) is 3.30. The number of ether oxygens (including phenoxy) is 2. The second-order valence-corrected chi connectivity index (χ2v) is 6.37. The monoisotopic (exact) mass is 290 g/mol. The maximum Gasteiger partial charge on any atom is 0.189 e. The van der Waals surface area contributed by atoms with Gasteiger partial charge >= 0.3 is 0 Å². The van der Waals surface area contributed by atoms with Crippen molar-refractivity contribution in [2.24, 2.45) is 11.7 Å². The van der Waals surface area contributed by atoms with Gasteiger partial charge in [-0.3, -0.25) is 0 Å². The highest BCUT2D eigenvalue weighted by molar-refractivity contribution is 5.60. The highest BCUT2D eigenvalue weighted by Gasteiger charge is 2.22. The first kappa shape index (κ1) is 14.7. The maximum absolute atomic E-state index is 6.00. The summed E-state index contributed by atoms with van der Waals surface area (Å²) in [5.74, 6) is 1.70. The van der Waals surface area contributed by atoms with Crippen LogP contribution in [-0.4, -0.2) is 32.5 Å². The van der Waals surface area contributed by atoms with Crippen LogP contribution in [0.5, 0.6) is 5.75 Å². The molecule has 0 bridgehead atoms. The van der Waals surface area contributed by atoms with Crippen LogP contribution in [0.15, 0.2) is 18.2 Å². The Balaban J connectivity index is 1.61. The number of nitrogens with zero attached hydrogens (tertiary/aromatic N) is 1. The van der Waals surface area contributed by atoms with Gasteiger partial charge in [-0.1, -0.05) is 6.07 Å². The molecule has 4 nitrogen and oxygen atoms in total. The Morgan fingerprint density at radius 1 is 1.19 bits per heavy atom. The number of aryl methyl sites for hydroxylation is 1. The normalized spacial score (nSPS) is 19.8. The number of hydrogen-bond acceptors (Lipinski definition) is 4. The quantitative estimate of drug-likeness (QED) is 0.646. The van der Waals surface area contributed by atoms with Crippen LogP contribution in [0.25, 0.3) is 0 Å². The third-order valence-corrected chi connectivity index (χ3v) is 4.34. The van der Waals surface area contributed by atoms with E-state index in [-0.39, 0.29) is 0 Å². The number of nitrogens with two attached hydrogens (primary N) is 1. The molecule has 1 heterocycles. The molecule has 0 amide bonds. The second-order valence-electron chi connectivity index (χ2n) is 6.37. The molecular weight excluding hydrogens is 264 g/mol. The van der Waals surface area contributed by atoms with Gasteiger partial charge in [0.25, 0.3) is 0 Å². The molecule has 1 saturated heterocycles. The van der Waals surface area contributed by atoms with E-state index < -0.39 is 0 Å². The summed E-state index contributed by atoms with van der Waals surface area (Å²) in [6.45, 7) is 5.31.